The summed E-state index contributed by atoms with van der Waals surface area (Å²) >= 11 is 5.27. The molecule has 0 aliphatic carbocycles. The molecule has 0 spiro atoms. The lowest BCUT2D eigenvalue weighted by molar-refractivity contribution is 0.0342. The van der Waals surface area contributed by atoms with Crippen molar-refractivity contribution in [2.24, 2.45) is 0 Å². The molecule has 0 unspecified atom stereocenters. The molecule has 154 valence electrons. The van der Waals surface area contributed by atoms with E-state index >= 15 is 0 Å². The Morgan fingerprint density at radius 2 is 1.79 bits per heavy atom. The third-order valence-corrected chi connectivity index (χ3v) is 4.74. The normalized spacial score (nSPS) is 14.2. The van der Waals surface area contributed by atoms with Gasteiger partial charge in [0.15, 0.2) is 5.11 Å². The minimum atomic E-state index is -0.256. The largest absolute Gasteiger partial charge is 0.494 e. The molecule has 1 amide bonds. The highest BCUT2D eigenvalue weighted by atomic mass is 32.1. The van der Waals surface area contributed by atoms with E-state index in [9.17, 15) is 4.79 Å². The van der Waals surface area contributed by atoms with Gasteiger partial charge in [-0.15, -0.1) is 0 Å². The first-order chi connectivity index (χ1) is 14.1. The lowest BCUT2D eigenvalue weighted by Crippen LogP contribution is -2.35. The summed E-state index contributed by atoms with van der Waals surface area (Å²) in [6, 6.07) is 15.1. The predicted molar refractivity (Wildman–Crippen MR) is 118 cm³/mol. The van der Waals surface area contributed by atoms with E-state index in [0.29, 0.717) is 12.2 Å². The number of carbonyl (C=O) groups excluding carboxylic acids is 1. The Balaban J connectivity index is 1.47. The number of nitrogens with zero attached hydrogens (tertiary/aromatic N) is 1. The Labute approximate surface area is 177 Å². The third kappa shape index (κ3) is 6.81. The fourth-order valence-corrected chi connectivity index (χ4v) is 3.18. The molecule has 2 aromatic carbocycles. The van der Waals surface area contributed by atoms with Gasteiger partial charge in [0.05, 0.1) is 19.8 Å². The highest BCUT2D eigenvalue weighted by molar-refractivity contribution is 7.80. The fraction of sp³-hybridized carbons (Fsp3) is 0.364. The molecular weight excluding hydrogens is 386 g/mol. The number of rotatable bonds is 7. The Bertz CT molecular complexity index is 803. The number of hydrogen-bond donors (Lipinski definition) is 2. The van der Waals surface area contributed by atoms with Crippen LogP contribution < -0.4 is 15.4 Å². The molecule has 6 nitrogen and oxygen atoms in total. The number of hydrogen-bond acceptors (Lipinski definition) is 5. The van der Waals surface area contributed by atoms with Crippen molar-refractivity contribution in [3.05, 3.63) is 59.7 Å². The molecule has 7 heteroatoms. The van der Waals surface area contributed by atoms with Gasteiger partial charge in [-0.1, -0.05) is 19.1 Å². The van der Waals surface area contributed by atoms with Gasteiger partial charge in [0, 0.05) is 30.9 Å². The van der Waals surface area contributed by atoms with Crippen molar-refractivity contribution in [1.82, 2.24) is 10.2 Å². The molecule has 1 fully saturated rings. The quantitative estimate of drug-likeness (QED) is 0.678. The lowest BCUT2D eigenvalue weighted by Gasteiger charge is -2.26. The second kappa shape index (κ2) is 10.9. The fourth-order valence-electron chi connectivity index (χ4n) is 2.97. The van der Waals surface area contributed by atoms with Crippen molar-refractivity contribution >= 4 is 28.9 Å². The van der Waals surface area contributed by atoms with Crippen LogP contribution in [0.15, 0.2) is 48.5 Å². The topological polar surface area (TPSA) is 62.8 Å². The minimum Gasteiger partial charge on any atom is -0.494 e. The van der Waals surface area contributed by atoms with Gasteiger partial charge in [0.25, 0.3) is 5.91 Å². The van der Waals surface area contributed by atoms with Crippen LogP contribution in [0.4, 0.5) is 5.69 Å². The van der Waals surface area contributed by atoms with Gasteiger partial charge in [-0.05, 0) is 60.6 Å². The van der Waals surface area contributed by atoms with Crippen LogP contribution in [0.1, 0.15) is 29.3 Å². The summed E-state index contributed by atoms with van der Waals surface area (Å²) in [6.07, 6.45) is 0.941. The SMILES string of the molecule is CCCOc1ccc(C(=O)NC(=S)Nc2ccc(CN3CCOCC3)cc2)cc1. The van der Waals surface area contributed by atoms with E-state index in [2.05, 4.69) is 27.7 Å². The maximum atomic E-state index is 12.4. The summed E-state index contributed by atoms with van der Waals surface area (Å²) in [7, 11) is 0. The van der Waals surface area contributed by atoms with E-state index in [1.165, 1.54) is 5.56 Å². The van der Waals surface area contributed by atoms with Crippen molar-refractivity contribution < 1.29 is 14.3 Å². The first kappa shape index (κ1) is 21.2. The van der Waals surface area contributed by atoms with Gasteiger partial charge < -0.3 is 14.8 Å². The van der Waals surface area contributed by atoms with Crippen LogP contribution in [0.25, 0.3) is 0 Å². The lowest BCUT2D eigenvalue weighted by atomic mass is 10.2. The number of amides is 1. The molecule has 0 saturated carbocycles. The van der Waals surface area contributed by atoms with Crippen molar-refractivity contribution in [1.29, 1.82) is 0 Å². The Morgan fingerprint density at radius 3 is 2.45 bits per heavy atom. The first-order valence-electron chi connectivity index (χ1n) is 9.88. The molecule has 0 atom stereocenters. The molecule has 0 bridgehead atoms. The molecule has 0 aromatic heterocycles. The van der Waals surface area contributed by atoms with Crippen molar-refractivity contribution in [3.63, 3.8) is 0 Å². The van der Waals surface area contributed by atoms with E-state index in [-0.39, 0.29) is 11.0 Å². The van der Waals surface area contributed by atoms with Gasteiger partial charge in [-0.2, -0.15) is 0 Å². The minimum absolute atomic E-state index is 0.256. The van der Waals surface area contributed by atoms with Crippen LogP contribution in [0.2, 0.25) is 0 Å². The van der Waals surface area contributed by atoms with E-state index in [1.807, 2.05) is 19.1 Å². The van der Waals surface area contributed by atoms with Crippen molar-refractivity contribution in [3.8, 4) is 5.75 Å². The standard InChI is InChI=1S/C22H27N3O3S/c1-2-13-28-20-9-5-18(6-10-20)21(26)24-22(29)23-19-7-3-17(4-8-19)16-25-11-14-27-15-12-25/h3-10H,2,11-16H2,1H3,(H2,23,24,26,29). The van der Waals surface area contributed by atoms with Crippen LogP contribution >= 0.6 is 12.2 Å². The van der Waals surface area contributed by atoms with Crippen molar-refractivity contribution in [2.75, 3.05) is 38.2 Å². The number of thiocarbonyl (C=S) groups is 1. The van der Waals surface area contributed by atoms with Gasteiger partial charge in [0.2, 0.25) is 0 Å². The molecule has 1 heterocycles. The zero-order chi connectivity index (χ0) is 20.5. The molecule has 1 aliphatic heterocycles. The van der Waals surface area contributed by atoms with Gasteiger partial charge >= 0.3 is 0 Å². The van der Waals surface area contributed by atoms with Gasteiger partial charge in [0.1, 0.15) is 5.75 Å². The average Bonchev–Trinajstić information content (AvgIpc) is 2.74. The second-order valence-electron chi connectivity index (χ2n) is 6.87. The summed E-state index contributed by atoms with van der Waals surface area (Å²) in [4.78, 5) is 14.7. The second-order valence-corrected chi connectivity index (χ2v) is 7.27. The zero-order valence-corrected chi connectivity index (χ0v) is 17.5. The maximum absolute atomic E-state index is 12.4. The molecule has 2 N–H and O–H groups in total. The Hall–Kier alpha value is -2.48. The number of benzene rings is 2. The summed E-state index contributed by atoms with van der Waals surface area (Å²) in [6.45, 7) is 7.12. The molecule has 1 aliphatic rings. The predicted octanol–water partition coefficient (Wildman–Crippen LogP) is 3.43. The summed E-state index contributed by atoms with van der Waals surface area (Å²) in [5.41, 5.74) is 2.60. The number of ether oxygens (including phenoxy) is 2. The van der Waals surface area contributed by atoms with Gasteiger partial charge in [-0.3, -0.25) is 15.0 Å². The molecular formula is C22H27N3O3S. The van der Waals surface area contributed by atoms with E-state index in [4.69, 9.17) is 21.7 Å². The van der Waals surface area contributed by atoms with Crippen LogP contribution in [-0.4, -0.2) is 48.8 Å². The molecule has 3 rings (SSSR count). The highest BCUT2D eigenvalue weighted by Crippen LogP contribution is 2.14. The van der Waals surface area contributed by atoms with Crippen molar-refractivity contribution in [2.45, 2.75) is 19.9 Å². The summed E-state index contributed by atoms with van der Waals surface area (Å²) in [5.74, 6) is 0.495. The average molecular weight is 414 g/mol. The smallest absolute Gasteiger partial charge is 0.257 e. The van der Waals surface area contributed by atoms with E-state index in [0.717, 1.165) is 50.7 Å². The zero-order valence-electron chi connectivity index (χ0n) is 16.6. The van der Waals surface area contributed by atoms with Crippen LogP contribution in [0.3, 0.4) is 0 Å². The van der Waals surface area contributed by atoms with Crippen LogP contribution in [-0.2, 0) is 11.3 Å². The van der Waals surface area contributed by atoms with E-state index in [1.54, 1.807) is 24.3 Å². The molecule has 1 saturated heterocycles. The molecule has 29 heavy (non-hydrogen) atoms. The monoisotopic (exact) mass is 413 g/mol. The Kier molecular flexibility index (Phi) is 7.98. The summed E-state index contributed by atoms with van der Waals surface area (Å²) in [5, 5.41) is 6.03. The maximum Gasteiger partial charge on any atom is 0.257 e. The molecule has 0 radical (unpaired) electrons. The number of anilines is 1. The van der Waals surface area contributed by atoms with Gasteiger partial charge in [-0.25, -0.2) is 0 Å². The number of carbonyl (C=O) groups is 1. The van der Waals surface area contributed by atoms with Crippen LogP contribution in [0.5, 0.6) is 5.75 Å². The number of morpholine rings is 1. The van der Waals surface area contributed by atoms with Crippen LogP contribution in [0, 0.1) is 0 Å². The number of nitrogens with one attached hydrogen (secondary N) is 2. The van der Waals surface area contributed by atoms with E-state index < -0.39 is 0 Å². The third-order valence-electron chi connectivity index (χ3n) is 4.54. The molecule has 2 aromatic rings. The highest BCUT2D eigenvalue weighted by Gasteiger charge is 2.11. The Morgan fingerprint density at radius 1 is 1.10 bits per heavy atom. The summed E-state index contributed by atoms with van der Waals surface area (Å²) < 4.78 is 10.9. The first-order valence-corrected chi connectivity index (χ1v) is 10.3.